The lowest BCUT2D eigenvalue weighted by molar-refractivity contribution is 0.0952. The van der Waals surface area contributed by atoms with Gasteiger partial charge in [0, 0.05) is 44.5 Å². The Morgan fingerprint density at radius 1 is 1.14 bits per heavy atom. The quantitative estimate of drug-likeness (QED) is 0.689. The van der Waals surface area contributed by atoms with Gasteiger partial charge in [0.05, 0.1) is 12.8 Å². The molecule has 7 heteroatoms. The predicted octanol–water partition coefficient (Wildman–Crippen LogP) is 2.10. The number of para-hydroxylation sites is 2. The second-order valence-electron chi connectivity index (χ2n) is 7.46. The van der Waals surface area contributed by atoms with Gasteiger partial charge in [0.25, 0.3) is 5.91 Å². The Hall–Kier alpha value is -2.80. The number of pyridine rings is 1. The van der Waals surface area contributed by atoms with E-state index in [1.54, 1.807) is 19.4 Å². The van der Waals surface area contributed by atoms with Crippen LogP contribution in [0.4, 0.5) is 11.5 Å². The SMILES string of the molecule is COc1ccccc1N1CCN(c2cc(C(=O)NCCCN(C)C)ccn2)CC1. The smallest absolute Gasteiger partial charge is 0.251 e. The summed E-state index contributed by atoms with van der Waals surface area (Å²) in [7, 11) is 5.77. The summed E-state index contributed by atoms with van der Waals surface area (Å²) in [6, 6.07) is 11.8. The zero-order valence-electron chi connectivity index (χ0n) is 17.6. The number of aromatic nitrogens is 1. The fraction of sp³-hybridized carbons (Fsp3) is 0.455. The normalized spacial score (nSPS) is 14.2. The number of hydrogen-bond donors (Lipinski definition) is 1. The molecule has 2 heterocycles. The van der Waals surface area contributed by atoms with Gasteiger partial charge in [-0.3, -0.25) is 4.79 Å². The van der Waals surface area contributed by atoms with Gasteiger partial charge < -0.3 is 24.8 Å². The molecule has 1 N–H and O–H groups in total. The van der Waals surface area contributed by atoms with Crippen molar-refractivity contribution in [3.05, 3.63) is 48.2 Å². The number of anilines is 2. The summed E-state index contributed by atoms with van der Waals surface area (Å²) in [4.78, 5) is 23.6. The minimum absolute atomic E-state index is 0.0416. The molecular formula is C22H31N5O2. The molecule has 1 saturated heterocycles. The maximum Gasteiger partial charge on any atom is 0.251 e. The van der Waals surface area contributed by atoms with E-state index in [2.05, 4.69) is 31.1 Å². The Morgan fingerprint density at radius 2 is 1.86 bits per heavy atom. The summed E-state index contributed by atoms with van der Waals surface area (Å²) in [5.74, 6) is 1.71. The van der Waals surface area contributed by atoms with Gasteiger partial charge in [0.2, 0.25) is 0 Å². The molecule has 29 heavy (non-hydrogen) atoms. The number of hydrogen-bond acceptors (Lipinski definition) is 6. The highest BCUT2D eigenvalue weighted by atomic mass is 16.5. The monoisotopic (exact) mass is 397 g/mol. The first-order valence-corrected chi connectivity index (χ1v) is 10.1. The van der Waals surface area contributed by atoms with Gasteiger partial charge in [0.1, 0.15) is 11.6 Å². The van der Waals surface area contributed by atoms with Crippen LogP contribution >= 0.6 is 0 Å². The molecule has 7 nitrogen and oxygen atoms in total. The average molecular weight is 398 g/mol. The van der Waals surface area contributed by atoms with Crippen molar-refractivity contribution >= 4 is 17.4 Å². The summed E-state index contributed by atoms with van der Waals surface area (Å²) < 4.78 is 5.49. The number of piperazine rings is 1. The Balaban J connectivity index is 1.57. The summed E-state index contributed by atoms with van der Waals surface area (Å²) in [5, 5.41) is 2.99. The van der Waals surface area contributed by atoms with Crippen LogP contribution in [-0.2, 0) is 0 Å². The van der Waals surface area contributed by atoms with Crippen LogP contribution in [-0.4, -0.2) is 76.3 Å². The minimum Gasteiger partial charge on any atom is -0.495 e. The fourth-order valence-electron chi connectivity index (χ4n) is 3.50. The molecule has 0 saturated carbocycles. The molecule has 0 spiro atoms. The molecule has 0 atom stereocenters. The molecular weight excluding hydrogens is 366 g/mol. The van der Waals surface area contributed by atoms with Crippen molar-refractivity contribution in [3.8, 4) is 5.75 Å². The predicted molar refractivity (Wildman–Crippen MR) is 117 cm³/mol. The lowest BCUT2D eigenvalue weighted by Gasteiger charge is -2.37. The van der Waals surface area contributed by atoms with Crippen LogP contribution < -0.4 is 19.9 Å². The average Bonchev–Trinajstić information content (AvgIpc) is 2.76. The first kappa shape index (κ1) is 20.9. The molecule has 3 rings (SSSR count). The van der Waals surface area contributed by atoms with Gasteiger partial charge in [-0.05, 0) is 51.3 Å². The van der Waals surface area contributed by atoms with Crippen LogP contribution in [0, 0.1) is 0 Å². The van der Waals surface area contributed by atoms with Crippen LogP contribution in [0.2, 0.25) is 0 Å². The molecule has 1 aliphatic rings. The number of nitrogens with one attached hydrogen (secondary N) is 1. The lowest BCUT2D eigenvalue weighted by Crippen LogP contribution is -2.47. The van der Waals surface area contributed by atoms with E-state index in [0.29, 0.717) is 12.1 Å². The molecule has 0 bridgehead atoms. The van der Waals surface area contributed by atoms with E-state index in [4.69, 9.17) is 4.74 Å². The maximum absolute atomic E-state index is 12.4. The van der Waals surface area contributed by atoms with Crippen molar-refractivity contribution < 1.29 is 9.53 Å². The number of ether oxygens (including phenoxy) is 1. The summed E-state index contributed by atoms with van der Waals surface area (Å²) in [5.41, 5.74) is 1.78. The number of carbonyl (C=O) groups is 1. The number of methoxy groups -OCH3 is 1. The fourth-order valence-corrected chi connectivity index (χ4v) is 3.50. The van der Waals surface area contributed by atoms with Crippen molar-refractivity contribution in [1.29, 1.82) is 0 Å². The van der Waals surface area contributed by atoms with Crippen molar-refractivity contribution in [1.82, 2.24) is 15.2 Å². The van der Waals surface area contributed by atoms with E-state index in [1.165, 1.54) is 0 Å². The standard InChI is InChI=1S/C22H31N5O2/c1-25(2)12-6-10-24-22(28)18-9-11-23-21(17-18)27-15-13-26(14-16-27)19-7-4-5-8-20(19)29-3/h4-5,7-9,11,17H,6,10,12-16H2,1-3H3,(H,24,28). The van der Waals surface area contributed by atoms with E-state index in [0.717, 1.165) is 56.4 Å². The van der Waals surface area contributed by atoms with E-state index in [-0.39, 0.29) is 5.91 Å². The number of rotatable bonds is 8. The van der Waals surface area contributed by atoms with Crippen LogP contribution in [0.3, 0.4) is 0 Å². The third-order valence-electron chi connectivity index (χ3n) is 5.10. The number of amides is 1. The highest BCUT2D eigenvalue weighted by Crippen LogP contribution is 2.29. The third-order valence-corrected chi connectivity index (χ3v) is 5.10. The lowest BCUT2D eigenvalue weighted by atomic mass is 10.2. The van der Waals surface area contributed by atoms with E-state index < -0.39 is 0 Å². The van der Waals surface area contributed by atoms with E-state index in [1.807, 2.05) is 38.4 Å². The van der Waals surface area contributed by atoms with Crippen molar-refractivity contribution in [3.63, 3.8) is 0 Å². The van der Waals surface area contributed by atoms with Crippen molar-refractivity contribution in [2.24, 2.45) is 0 Å². The zero-order chi connectivity index (χ0) is 20.6. The topological polar surface area (TPSA) is 60.9 Å². The molecule has 0 unspecified atom stereocenters. The maximum atomic E-state index is 12.4. The van der Waals surface area contributed by atoms with Crippen molar-refractivity contribution in [2.45, 2.75) is 6.42 Å². The van der Waals surface area contributed by atoms with Gasteiger partial charge in [-0.25, -0.2) is 4.98 Å². The van der Waals surface area contributed by atoms with Gasteiger partial charge >= 0.3 is 0 Å². The highest BCUT2D eigenvalue weighted by Gasteiger charge is 2.21. The summed E-state index contributed by atoms with van der Waals surface area (Å²) >= 11 is 0. The van der Waals surface area contributed by atoms with Crippen molar-refractivity contribution in [2.75, 3.05) is 70.3 Å². The molecule has 1 aromatic carbocycles. The molecule has 156 valence electrons. The van der Waals surface area contributed by atoms with Crippen LogP contribution in [0.1, 0.15) is 16.8 Å². The largest absolute Gasteiger partial charge is 0.495 e. The first-order valence-electron chi connectivity index (χ1n) is 10.1. The summed E-state index contributed by atoms with van der Waals surface area (Å²) in [6.07, 6.45) is 2.65. The van der Waals surface area contributed by atoms with E-state index >= 15 is 0 Å². The van der Waals surface area contributed by atoms with Gasteiger partial charge in [-0.1, -0.05) is 12.1 Å². The zero-order valence-corrected chi connectivity index (χ0v) is 17.6. The first-order chi connectivity index (χ1) is 14.1. The Bertz CT molecular complexity index is 803. The third kappa shape index (κ3) is 5.60. The molecule has 2 aromatic rings. The number of nitrogens with zero attached hydrogens (tertiary/aromatic N) is 4. The summed E-state index contributed by atoms with van der Waals surface area (Å²) in [6.45, 7) is 5.08. The Morgan fingerprint density at radius 3 is 2.59 bits per heavy atom. The van der Waals surface area contributed by atoms with Gasteiger partial charge in [0.15, 0.2) is 0 Å². The molecule has 0 radical (unpaired) electrons. The highest BCUT2D eigenvalue weighted by molar-refractivity contribution is 5.94. The molecule has 1 fully saturated rings. The van der Waals surface area contributed by atoms with Gasteiger partial charge in [-0.2, -0.15) is 0 Å². The number of carbonyl (C=O) groups excluding carboxylic acids is 1. The second kappa shape index (κ2) is 10.1. The minimum atomic E-state index is -0.0416. The van der Waals surface area contributed by atoms with Gasteiger partial charge in [-0.15, -0.1) is 0 Å². The van der Waals surface area contributed by atoms with Crippen LogP contribution in [0.15, 0.2) is 42.6 Å². The number of benzene rings is 1. The Kier molecular flexibility index (Phi) is 7.30. The Labute approximate surface area is 173 Å². The molecule has 1 aliphatic heterocycles. The molecule has 1 amide bonds. The van der Waals surface area contributed by atoms with Crippen LogP contribution in [0.5, 0.6) is 5.75 Å². The molecule has 1 aromatic heterocycles. The van der Waals surface area contributed by atoms with E-state index in [9.17, 15) is 4.79 Å². The van der Waals surface area contributed by atoms with Crippen LogP contribution in [0.25, 0.3) is 0 Å². The molecule has 0 aliphatic carbocycles. The second-order valence-corrected chi connectivity index (χ2v) is 7.46.